The van der Waals surface area contributed by atoms with Gasteiger partial charge in [-0.1, -0.05) is 27.7 Å². The van der Waals surface area contributed by atoms with E-state index in [1.807, 2.05) is 0 Å². The van der Waals surface area contributed by atoms with Crippen molar-refractivity contribution >= 4 is 0 Å². The molecule has 1 aromatic rings. The summed E-state index contributed by atoms with van der Waals surface area (Å²) in [4.78, 5) is 0. The molecule has 15 heavy (non-hydrogen) atoms. The molecule has 0 radical (unpaired) electrons. The first-order valence-corrected chi connectivity index (χ1v) is 6.07. The lowest BCUT2D eigenvalue weighted by molar-refractivity contribution is 0.507. The van der Waals surface area contributed by atoms with Gasteiger partial charge >= 0.3 is 0 Å². The highest BCUT2D eigenvalue weighted by Crippen LogP contribution is 2.19. The first-order chi connectivity index (χ1) is 6.91. The lowest BCUT2D eigenvalue weighted by Gasteiger charge is -2.12. The molecule has 1 nitrogen and oxygen atoms in total. The van der Waals surface area contributed by atoms with Gasteiger partial charge in [0.25, 0.3) is 0 Å². The maximum atomic E-state index is 2.46. The quantitative estimate of drug-likeness (QED) is 0.704. The topological polar surface area (TPSA) is 4.93 Å². The molecule has 1 aromatic heterocycles. The van der Waals surface area contributed by atoms with Gasteiger partial charge in [0.1, 0.15) is 0 Å². The summed E-state index contributed by atoms with van der Waals surface area (Å²) in [5.41, 5.74) is 4.41. The third kappa shape index (κ3) is 3.12. The van der Waals surface area contributed by atoms with E-state index < -0.39 is 0 Å². The highest BCUT2D eigenvalue weighted by molar-refractivity contribution is 5.27. The van der Waals surface area contributed by atoms with E-state index >= 15 is 0 Å². The first-order valence-electron chi connectivity index (χ1n) is 6.07. The summed E-state index contributed by atoms with van der Waals surface area (Å²) in [5.74, 6) is 1.47. The van der Waals surface area contributed by atoms with Crippen molar-refractivity contribution in [3.05, 3.63) is 23.0 Å². The molecule has 0 fully saturated rings. The van der Waals surface area contributed by atoms with Crippen LogP contribution in [0.1, 0.15) is 44.6 Å². The largest absolute Gasteiger partial charge is 0.349 e. The number of aromatic nitrogens is 1. The van der Waals surface area contributed by atoms with E-state index in [0.29, 0.717) is 0 Å². The molecular formula is C14H25N. The Morgan fingerprint density at radius 3 is 2.13 bits per heavy atom. The van der Waals surface area contributed by atoms with Crippen LogP contribution in [-0.2, 0) is 13.0 Å². The smallest absolute Gasteiger partial charge is 0.0247 e. The van der Waals surface area contributed by atoms with Gasteiger partial charge in [-0.05, 0) is 43.7 Å². The Bertz CT molecular complexity index is 318. The van der Waals surface area contributed by atoms with Crippen molar-refractivity contribution in [1.82, 2.24) is 4.57 Å². The molecule has 1 heteroatoms. The predicted octanol–water partition coefficient (Wildman–Crippen LogP) is 3.96. The van der Waals surface area contributed by atoms with Gasteiger partial charge in [0.2, 0.25) is 0 Å². The molecule has 0 N–H and O–H groups in total. The van der Waals surface area contributed by atoms with Crippen LogP contribution in [0.2, 0.25) is 0 Å². The zero-order valence-corrected chi connectivity index (χ0v) is 11.1. The van der Waals surface area contributed by atoms with Gasteiger partial charge in [-0.15, -0.1) is 0 Å². The standard InChI is InChI=1S/C14H25N/c1-10(2)7-14-8-12(5)15(13(14)6)9-11(3)4/h8,10-11H,7,9H2,1-6H3. The van der Waals surface area contributed by atoms with Crippen LogP contribution in [0.3, 0.4) is 0 Å². The van der Waals surface area contributed by atoms with E-state index in [9.17, 15) is 0 Å². The monoisotopic (exact) mass is 207 g/mol. The van der Waals surface area contributed by atoms with E-state index in [1.165, 1.54) is 23.4 Å². The highest BCUT2D eigenvalue weighted by Gasteiger charge is 2.10. The van der Waals surface area contributed by atoms with Crippen molar-refractivity contribution in [3.63, 3.8) is 0 Å². The number of hydrogen-bond donors (Lipinski definition) is 0. The van der Waals surface area contributed by atoms with Crippen LogP contribution in [0.15, 0.2) is 6.07 Å². The molecule has 0 bridgehead atoms. The van der Waals surface area contributed by atoms with Gasteiger partial charge in [-0.2, -0.15) is 0 Å². The second kappa shape index (κ2) is 4.87. The van der Waals surface area contributed by atoms with E-state index in [1.54, 1.807) is 0 Å². The fraction of sp³-hybridized carbons (Fsp3) is 0.714. The van der Waals surface area contributed by atoms with Crippen LogP contribution in [0.4, 0.5) is 0 Å². The Balaban J connectivity index is 2.93. The zero-order chi connectivity index (χ0) is 11.6. The SMILES string of the molecule is Cc1cc(CC(C)C)c(C)n1CC(C)C. The second-order valence-electron chi connectivity index (χ2n) is 5.50. The van der Waals surface area contributed by atoms with Crippen LogP contribution < -0.4 is 0 Å². The Labute approximate surface area is 94.5 Å². The minimum Gasteiger partial charge on any atom is -0.349 e. The molecule has 86 valence electrons. The molecule has 1 heterocycles. The number of aryl methyl sites for hydroxylation is 1. The summed E-state index contributed by atoms with van der Waals surface area (Å²) in [7, 11) is 0. The maximum Gasteiger partial charge on any atom is 0.0247 e. The lowest BCUT2D eigenvalue weighted by atomic mass is 10.0. The molecule has 0 aliphatic carbocycles. The van der Waals surface area contributed by atoms with Gasteiger partial charge in [-0.3, -0.25) is 0 Å². The Morgan fingerprint density at radius 1 is 1.07 bits per heavy atom. The summed E-state index contributed by atoms with van der Waals surface area (Å²) in [5, 5.41) is 0. The zero-order valence-electron chi connectivity index (χ0n) is 11.1. The van der Waals surface area contributed by atoms with Crippen molar-refractivity contribution < 1.29 is 0 Å². The minimum absolute atomic E-state index is 0.724. The molecule has 0 amide bonds. The van der Waals surface area contributed by atoms with Crippen LogP contribution in [0.25, 0.3) is 0 Å². The molecule has 0 aliphatic rings. The van der Waals surface area contributed by atoms with Gasteiger partial charge in [-0.25, -0.2) is 0 Å². The number of rotatable bonds is 4. The third-order valence-electron chi connectivity index (χ3n) is 2.85. The van der Waals surface area contributed by atoms with E-state index in [0.717, 1.165) is 18.4 Å². The van der Waals surface area contributed by atoms with Crippen molar-refractivity contribution in [2.75, 3.05) is 0 Å². The molecule has 0 spiro atoms. The normalized spacial score (nSPS) is 11.7. The van der Waals surface area contributed by atoms with E-state index in [2.05, 4.69) is 52.2 Å². The summed E-state index contributed by atoms with van der Waals surface area (Å²) in [6, 6.07) is 2.36. The molecule has 0 aliphatic heterocycles. The number of nitrogens with zero attached hydrogens (tertiary/aromatic N) is 1. The fourth-order valence-electron chi connectivity index (χ4n) is 2.16. The van der Waals surface area contributed by atoms with E-state index in [-0.39, 0.29) is 0 Å². The molecule has 0 aromatic carbocycles. The van der Waals surface area contributed by atoms with Gasteiger partial charge in [0.05, 0.1) is 0 Å². The summed E-state index contributed by atoms with van der Waals surface area (Å²) in [6.07, 6.45) is 1.21. The predicted molar refractivity (Wildman–Crippen MR) is 67.3 cm³/mol. The van der Waals surface area contributed by atoms with Crippen molar-refractivity contribution in [2.24, 2.45) is 11.8 Å². The number of hydrogen-bond acceptors (Lipinski definition) is 0. The summed E-state index contributed by atoms with van der Waals surface area (Å²) < 4.78 is 2.46. The Hall–Kier alpha value is -0.720. The van der Waals surface area contributed by atoms with Gasteiger partial charge in [0, 0.05) is 17.9 Å². The average Bonchev–Trinajstić information content (AvgIpc) is 2.31. The third-order valence-corrected chi connectivity index (χ3v) is 2.85. The molecule has 0 atom stereocenters. The molecular weight excluding hydrogens is 182 g/mol. The van der Waals surface area contributed by atoms with Gasteiger partial charge < -0.3 is 4.57 Å². The van der Waals surface area contributed by atoms with Gasteiger partial charge in [0.15, 0.2) is 0 Å². The second-order valence-corrected chi connectivity index (χ2v) is 5.50. The van der Waals surface area contributed by atoms with Crippen molar-refractivity contribution in [3.8, 4) is 0 Å². The van der Waals surface area contributed by atoms with Crippen LogP contribution in [0.5, 0.6) is 0 Å². The van der Waals surface area contributed by atoms with Crippen LogP contribution in [-0.4, -0.2) is 4.57 Å². The minimum atomic E-state index is 0.724. The fourth-order valence-corrected chi connectivity index (χ4v) is 2.16. The molecule has 0 saturated heterocycles. The van der Waals surface area contributed by atoms with Crippen molar-refractivity contribution in [2.45, 2.75) is 54.5 Å². The Morgan fingerprint density at radius 2 is 1.67 bits per heavy atom. The summed E-state index contributed by atoms with van der Waals surface area (Å²) in [6.45, 7) is 14.8. The molecule has 0 saturated carbocycles. The highest BCUT2D eigenvalue weighted by atomic mass is 15.0. The van der Waals surface area contributed by atoms with Crippen LogP contribution in [0, 0.1) is 25.7 Å². The maximum absolute atomic E-state index is 2.46. The van der Waals surface area contributed by atoms with E-state index in [4.69, 9.17) is 0 Å². The first kappa shape index (κ1) is 12.4. The Kier molecular flexibility index (Phi) is 4.01. The average molecular weight is 207 g/mol. The molecule has 1 rings (SSSR count). The van der Waals surface area contributed by atoms with Crippen molar-refractivity contribution in [1.29, 1.82) is 0 Å². The van der Waals surface area contributed by atoms with Crippen LogP contribution >= 0.6 is 0 Å². The summed E-state index contributed by atoms with van der Waals surface area (Å²) >= 11 is 0. The molecule has 0 unspecified atom stereocenters. The lowest BCUT2D eigenvalue weighted by Crippen LogP contribution is -2.08.